The van der Waals surface area contributed by atoms with Crippen LogP contribution in [0.4, 0.5) is 0 Å². The van der Waals surface area contributed by atoms with Crippen molar-refractivity contribution in [2.75, 3.05) is 0 Å². The Kier molecular flexibility index (Phi) is 4.97. The van der Waals surface area contributed by atoms with E-state index in [1.54, 1.807) is 0 Å². The Morgan fingerprint density at radius 2 is 2.00 bits per heavy atom. The number of thiocarbonyl (C=S) groups is 1. The van der Waals surface area contributed by atoms with Gasteiger partial charge in [0.2, 0.25) is 0 Å². The zero-order valence-electron chi connectivity index (χ0n) is 9.97. The maximum Gasteiger partial charge on any atom is 0.0227 e. The van der Waals surface area contributed by atoms with Crippen LogP contribution in [-0.2, 0) is 6.42 Å². The van der Waals surface area contributed by atoms with Crippen LogP contribution in [0.15, 0.2) is 18.2 Å². The summed E-state index contributed by atoms with van der Waals surface area (Å²) >= 11 is 5.48. The summed E-state index contributed by atoms with van der Waals surface area (Å²) in [5, 5.41) is 0. The lowest BCUT2D eigenvalue weighted by Crippen LogP contribution is -2.01. The highest BCUT2D eigenvalue weighted by molar-refractivity contribution is 7.80. The molecule has 0 aliphatic heterocycles. The first kappa shape index (κ1) is 12.4. The average Bonchev–Trinajstić information content (AvgIpc) is 2.26. The van der Waals surface area contributed by atoms with E-state index in [0.717, 1.165) is 17.7 Å². The molecular formula is C14H20S. The number of aryl methyl sites for hydroxylation is 2. The Morgan fingerprint density at radius 1 is 1.27 bits per heavy atom. The van der Waals surface area contributed by atoms with Crippen molar-refractivity contribution in [2.24, 2.45) is 0 Å². The third-order valence-electron chi connectivity index (χ3n) is 2.77. The van der Waals surface area contributed by atoms with E-state index >= 15 is 0 Å². The Morgan fingerprint density at radius 3 is 2.60 bits per heavy atom. The minimum absolute atomic E-state index is 1.06. The molecule has 0 fully saturated rings. The summed E-state index contributed by atoms with van der Waals surface area (Å²) in [5.41, 5.74) is 3.99. The largest absolute Gasteiger partial charge is 0.0843 e. The van der Waals surface area contributed by atoms with Gasteiger partial charge in [-0.2, -0.15) is 0 Å². The molecule has 0 N–H and O–H groups in total. The van der Waals surface area contributed by atoms with Gasteiger partial charge in [0.1, 0.15) is 0 Å². The highest BCUT2D eigenvalue weighted by Gasteiger charge is 2.05. The molecule has 0 atom stereocenters. The first-order chi connectivity index (χ1) is 7.19. The van der Waals surface area contributed by atoms with Gasteiger partial charge < -0.3 is 0 Å². The third-order valence-corrected chi connectivity index (χ3v) is 3.19. The quantitative estimate of drug-likeness (QED) is 0.521. The predicted molar refractivity (Wildman–Crippen MR) is 71.8 cm³/mol. The molecule has 15 heavy (non-hydrogen) atoms. The monoisotopic (exact) mass is 220 g/mol. The Labute approximate surface area is 98.7 Å². The molecule has 1 aromatic carbocycles. The zero-order chi connectivity index (χ0) is 11.3. The number of hydrogen-bond acceptors (Lipinski definition) is 1. The molecule has 0 amide bonds. The maximum absolute atomic E-state index is 5.48. The molecule has 82 valence electrons. The van der Waals surface area contributed by atoms with Gasteiger partial charge in [0.25, 0.3) is 0 Å². The molecule has 0 spiro atoms. The second kappa shape index (κ2) is 6.02. The van der Waals surface area contributed by atoms with Crippen molar-refractivity contribution in [3.63, 3.8) is 0 Å². The molecule has 1 aromatic rings. The molecule has 0 aromatic heterocycles. The SMILES string of the molecule is CCCCC(=S)c1cc(CC)ccc1C. The maximum atomic E-state index is 5.48. The lowest BCUT2D eigenvalue weighted by atomic mass is 9.98. The zero-order valence-corrected chi connectivity index (χ0v) is 10.8. The average molecular weight is 220 g/mol. The van der Waals surface area contributed by atoms with E-state index in [2.05, 4.69) is 39.0 Å². The predicted octanol–water partition coefficient (Wildman–Crippen LogP) is 4.47. The Balaban J connectivity index is 2.86. The van der Waals surface area contributed by atoms with Gasteiger partial charge in [0.15, 0.2) is 0 Å². The smallest absolute Gasteiger partial charge is 0.0227 e. The number of hydrogen-bond donors (Lipinski definition) is 0. The highest BCUT2D eigenvalue weighted by Crippen LogP contribution is 2.16. The molecule has 0 nitrogen and oxygen atoms in total. The van der Waals surface area contributed by atoms with Crippen LogP contribution in [0.5, 0.6) is 0 Å². The first-order valence-electron chi connectivity index (χ1n) is 5.81. The van der Waals surface area contributed by atoms with Crippen LogP contribution in [0.3, 0.4) is 0 Å². The topological polar surface area (TPSA) is 0 Å². The summed E-state index contributed by atoms with van der Waals surface area (Å²) in [6, 6.07) is 6.64. The van der Waals surface area contributed by atoms with E-state index in [-0.39, 0.29) is 0 Å². The standard InChI is InChI=1S/C14H20S/c1-4-6-7-14(15)13-10-12(5-2)9-8-11(13)3/h8-10H,4-7H2,1-3H3. The van der Waals surface area contributed by atoms with Crippen LogP contribution in [0.2, 0.25) is 0 Å². The van der Waals surface area contributed by atoms with E-state index in [0.29, 0.717) is 0 Å². The van der Waals surface area contributed by atoms with E-state index in [1.165, 1.54) is 29.5 Å². The molecule has 0 bridgehead atoms. The van der Waals surface area contributed by atoms with Crippen LogP contribution < -0.4 is 0 Å². The minimum atomic E-state index is 1.06. The van der Waals surface area contributed by atoms with Crippen LogP contribution in [0.1, 0.15) is 49.8 Å². The van der Waals surface area contributed by atoms with Gasteiger partial charge >= 0.3 is 0 Å². The molecule has 0 aliphatic rings. The normalized spacial score (nSPS) is 10.3. The Bertz CT molecular complexity index is 339. The molecule has 0 aliphatic carbocycles. The fraction of sp³-hybridized carbons (Fsp3) is 0.500. The van der Waals surface area contributed by atoms with Gasteiger partial charge in [-0.25, -0.2) is 0 Å². The fourth-order valence-corrected chi connectivity index (χ4v) is 2.03. The summed E-state index contributed by atoms with van der Waals surface area (Å²) < 4.78 is 0. The first-order valence-corrected chi connectivity index (χ1v) is 6.22. The van der Waals surface area contributed by atoms with Crippen LogP contribution >= 0.6 is 12.2 Å². The molecule has 1 rings (SSSR count). The van der Waals surface area contributed by atoms with E-state index in [9.17, 15) is 0 Å². The van der Waals surface area contributed by atoms with E-state index in [1.807, 2.05) is 0 Å². The summed E-state index contributed by atoms with van der Waals surface area (Å²) in [5.74, 6) is 0. The van der Waals surface area contributed by atoms with Crippen LogP contribution in [0.25, 0.3) is 0 Å². The van der Waals surface area contributed by atoms with E-state index in [4.69, 9.17) is 12.2 Å². The summed E-state index contributed by atoms with van der Waals surface area (Å²) in [4.78, 5) is 1.13. The second-order valence-corrected chi connectivity index (χ2v) is 4.52. The van der Waals surface area contributed by atoms with Gasteiger partial charge in [-0.3, -0.25) is 0 Å². The molecule has 0 unspecified atom stereocenters. The van der Waals surface area contributed by atoms with Gasteiger partial charge in [0, 0.05) is 4.86 Å². The fourth-order valence-electron chi connectivity index (χ4n) is 1.66. The molecule has 0 saturated carbocycles. The lowest BCUT2D eigenvalue weighted by molar-refractivity contribution is 0.840. The molecule has 0 saturated heterocycles. The van der Waals surface area contributed by atoms with Crippen molar-refractivity contribution in [3.05, 3.63) is 34.9 Å². The Hall–Kier alpha value is -0.690. The van der Waals surface area contributed by atoms with Crippen LogP contribution in [0, 0.1) is 6.92 Å². The minimum Gasteiger partial charge on any atom is -0.0843 e. The number of rotatable bonds is 5. The molecule has 0 heterocycles. The van der Waals surface area contributed by atoms with Crippen molar-refractivity contribution in [1.29, 1.82) is 0 Å². The van der Waals surface area contributed by atoms with Crippen molar-refractivity contribution in [3.8, 4) is 0 Å². The molecular weight excluding hydrogens is 200 g/mol. The number of benzene rings is 1. The summed E-state index contributed by atoms with van der Waals surface area (Å²) in [6.45, 7) is 6.54. The summed E-state index contributed by atoms with van der Waals surface area (Å²) in [7, 11) is 0. The molecule has 1 heteroatoms. The van der Waals surface area contributed by atoms with E-state index < -0.39 is 0 Å². The van der Waals surface area contributed by atoms with Crippen molar-refractivity contribution < 1.29 is 0 Å². The van der Waals surface area contributed by atoms with Crippen molar-refractivity contribution in [2.45, 2.75) is 46.5 Å². The summed E-state index contributed by atoms with van der Waals surface area (Å²) in [6.07, 6.45) is 4.56. The third kappa shape index (κ3) is 3.42. The second-order valence-electron chi connectivity index (χ2n) is 4.03. The number of unbranched alkanes of at least 4 members (excludes halogenated alkanes) is 1. The molecule has 0 radical (unpaired) electrons. The highest BCUT2D eigenvalue weighted by atomic mass is 32.1. The van der Waals surface area contributed by atoms with Gasteiger partial charge in [-0.05, 0) is 42.9 Å². The van der Waals surface area contributed by atoms with Crippen LogP contribution in [-0.4, -0.2) is 4.86 Å². The van der Waals surface area contributed by atoms with Crippen molar-refractivity contribution >= 4 is 17.1 Å². The lowest BCUT2D eigenvalue weighted by Gasteiger charge is -2.09. The van der Waals surface area contributed by atoms with Crippen molar-refractivity contribution in [1.82, 2.24) is 0 Å². The van der Waals surface area contributed by atoms with Gasteiger partial charge in [0.05, 0.1) is 0 Å². The van der Waals surface area contributed by atoms with Gasteiger partial charge in [-0.15, -0.1) is 0 Å². The van der Waals surface area contributed by atoms with Gasteiger partial charge in [-0.1, -0.05) is 50.7 Å².